The average molecular weight is 278 g/mol. The van der Waals surface area contributed by atoms with E-state index >= 15 is 0 Å². The van der Waals surface area contributed by atoms with Crippen molar-refractivity contribution in [1.29, 1.82) is 0 Å². The fourth-order valence-corrected chi connectivity index (χ4v) is 1.62. The van der Waals surface area contributed by atoms with Crippen molar-refractivity contribution in [2.75, 3.05) is 0 Å². The lowest BCUT2D eigenvalue weighted by atomic mass is 10.1. The standard InChI is InChI=1S/C15H11F3NO/c16-15(17,18)14-9-5-4-8-13(14)11-20-19-10-12-6-2-1-3-7-12/h1-9H,11H2. The van der Waals surface area contributed by atoms with Crippen LogP contribution in [-0.2, 0) is 17.6 Å². The Morgan fingerprint density at radius 3 is 2.30 bits per heavy atom. The van der Waals surface area contributed by atoms with Crippen LogP contribution in [0.4, 0.5) is 13.2 Å². The monoisotopic (exact) mass is 278 g/mol. The topological polar surface area (TPSA) is 21.6 Å². The normalized spacial score (nSPS) is 11.8. The van der Waals surface area contributed by atoms with Crippen LogP contribution in [0.15, 0.2) is 59.8 Å². The molecule has 0 aromatic heterocycles. The summed E-state index contributed by atoms with van der Waals surface area (Å²) in [5.41, 5.74) is 0.0186. The van der Waals surface area contributed by atoms with E-state index in [9.17, 15) is 13.2 Å². The molecular weight excluding hydrogens is 267 g/mol. The van der Waals surface area contributed by atoms with E-state index in [0.717, 1.165) is 6.07 Å². The lowest BCUT2D eigenvalue weighted by Crippen LogP contribution is -2.09. The van der Waals surface area contributed by atoms with Crippen molar-refractivity contribution in [3.05, 3.63) is 71.3 Å². The van der Waals surface area contributed by atoms with E-state index in [1.54, 1.807) is 24.3 Å². The van der Waals surface area contributed by atoms with Crippen molar-refractivity contribution in [2.24, 2.45) is 5.16 Å². The zero-order chi connectivity index (χ0) is 14.4. The number of benzene rings is 2. The Bertz CT molecular complexity index is 579. The minimum absolute atomic E-state index is 0.0404. The molecule has 103 valence electrons. The van der Waals surface area contributed by atoms with Crippen molar-refractivity contribution in [3.8, 4) is 0 Å². The number of halogens is 3. The van der Waals surface area contributed by atoms with E-state index in [1.807, 2.05) is 6.07 Å². The van der Waals surface area contributed by atoms with Gasteiger partial charge in [0, 0.05) is 11.1 Å². The molecule has 0 N–H and O–H groups in total. The predicted octanol–water partition coefficient (Wildman–Crippen LogP) is 4.13. The van der Waals surface area contributed by atoms with E-state index in [1.165, 1.54) is 18.2 Å². The molecule has 5 heteroatoms. The van der Waals surface area contributed by atoms with E-state index in [2.05, 4.69) is 11.4 Å². The molecule has 0 amide bonds. The lowest BCUT2D eigenvalue weighted by molar-refractivity contribution is -0.138. The Morgan fingerprint density at radius 1 is 0.950 bits per heavy atom. The molecule has 0 saturated heterocycles. The molecule has 2 rings (SSSR count). The Balaban J connectivity index is 2.00. The van der Waals surface area contributed by atoms with E-state index in [4.69, 9.17) is 4.84 Å². The van der Waals surface area contributed by atoms with Crippen molar-refractivity contribution in [2.45, 2.75) is 12.8 Å². The van der Waals surface area contributed by atoms with Crippen LogP contribution in [0.3, 0.4) is 0 Å². The molecule has 0 spiro atoms. The quantitative estimate of drug-likeness (QED) is 0.608. The number of hydrogen-bond acceptors (Lipinski definition) is 2. The maximum atomic E-state index is 12.7. The zero-order valence-electron chi connectivity index (χ0n) is 10.4. The summed E-state index contributed by atoms with van der Waals surface area (Å²) in [6.07, 6.45) is -1.80. The van der Waals surface area contributed by atoms with Crippen LogP contribution in [0, 0.1) is 0 Å². The fraction of sp³-hybridized carbons (Fsp3) is 0.133. The van der Waals surface area contributed by atoms with Gasteiger partial charge < -0.3 is 4.84 Å². The summed E-state index contributed by atoms with van der Waals surface area (Å²) in [7, 11) is 0. The number of nitrogens with zero attached hydrogens (tertiary/aromatic N) is 1. The van der Waals surface area contributed by atoms with Gasteiger partial charge in [-0.1, -0.05) is 53.7 Å². The summed E-state index contributed by atoms with van der Waals surface area (Å²) in [4.78, 5) is 4.87. The molecule has 20 heavy (non-hydrogen) atoms. The average Bonchev–Trinajstić information content (AvgIpc) is 2.44. The third-order valence-corrected chi connectivity index (χ3v) is 2.56. The summed E-state index contributed by atoms with van der Waals surface area (Å²) in [5.74, 6) is 0. The molecular formula is C15H11F3NO. The molecule has 2 aromatic carbocycles. The minimum Gasteiger partial charge on any atom is -0.390 e. The lowest BCUT2D eigenvalue weighted by Gasteiger charge is -2.11. The summed E-state index contributed by atoms with van der Waals surface area (Å²) in [5, 5.41) is 3.54. The van der Waals surface area contributed by atoms with Gasteiger partial charge in [-0.25, -0.2) is 0 Å². The van der Waals surface area contributed by atoms with Gasteiger partial charge >= 0.3 is 6.18 Å². The first-order valence-electron chi connectivity index (χ1n) is 5.85. The number of alkyl halides is 3. The van der Waals surface area contributed by atoms with E-state index in [-0.39, 0.29) is 12.2 Å². The first-order chi connectivity index (χ1) is 9.57. The van der Waals surface area contributed by atoms with Crippen molar-refractivity contribution in [1.82, 2.24) is 0 Å². The smallest absolute Gasteiger partial charge is 0.390 e. The van der Waals surface area contributed by atoms with Gasteiger partial charge in [-0.2, -0.15) is 13.2 Å². The third-order valence-electron chi connectivity index (χ3n) is 2.56. The molecule has 0 atom stereocenters. The van der Waals surface area contributed by atoms with Crippen molar-refractivity contribution >= 4 is 6.21 Å². The molecule has 2 nitrogen and oxygen atoms in total. The molecule has 2 aromatic rings. The highest BCUT2D eigenvalue weighted by Gasteiger charge is 2.32. The highest BCUT2D eigenvalue weighted by Crippen LogP contribution is 2.32. The molecule has 0 heterocycles. The SMILES string of the molecule is FC(F)(F)c1ccccc1CO/N=[C]\c1ccccc1. The van der Waals surface area contributed by atoms with Gasteiger partial charge in [0.15, 0.2) is 0 Å². The van der Waals surface area contributed by atoms with E-state index < -0.39 is 11.7 Å². The Labute approximate surface area is 114 Å². The fourth-order valence-electron chi connectivity index (χ4n) is 1.62. The molecule has 1 radical (unpaired) electrons. The van der Waals surface area contributed by atoms with Crippen LogP contribution in [0.5, 0.6) is 0 Å². The van der Waals surface area contributed by atoms with Gasteiger partial charge in [0.1, 0.15) is 12.8 Å². The summed E-state index contributed by atoms with van der Waals surface area (Å²) >= 11 is 0. The van der Waals surface area contributed by atoms with Gasteiger partial charge in [-0.3, -0.25) is 0 Å². The summed E-state index contributed by atoms with van der Waals surface area (Å²) in [6.45, 7) is -0.254. The maximum absolute atomic E-state index is 12.7. The van der Waals surface area contributed by atoms with Crippen LogP contribution < -0.4 is 0 Å². The summed E-state index contributed by atoms with van der Waals surface area (Å²) in [6, 6.07) is 14.2. The maximum Gasteiger partial charge on any atom is 0.416 e. The molecule has 0 unspecified atom stereocenters. The van der Waals surface area contributed by atoms with Crippen LogP contribution >= 0.6 is 0 Å². The molecule has 0 saturated carbocycles. The number of hydrogen-bond donors (Lipinski definition) is 0. The van der Waals surface area contributed by atoms with Gasteiger partial charge in [0.05, 0.1) is 5.56 Å². The molecule has 0 aliphatic rings. The summed E-state index contributed by atoms with van der Waals surface area (Å²) < 4.78 is 38.2. The van der Waals surface area contributed by atoms with Crippen LogP contribution in [0.2, 0.25) is 0 Å². The van der Waals surface area contributed by atoms with Crippen LogP contribution in [0.1, 0.15) is 16.7 Å². The second-order valence-electron chi connectivity index (χ2n) is 4.00. The van der Waals surface area contributed by atoms with Crippen LogP contribution in [-0.4, -0.2) is 6.21 Å². The van der Waals surface area contributed by atoms with Gasteiger partial charge in [0.2, 0.25) is 0 Å². The van der Waals surface area contributed by atoms with Crippen molar-refractivity contribution in [3.63, 3.8) is 0 Å². The highest BCUT2D eigenvalue weighted by atomic mass is 19.4. The molecule has 0 aliphatic heterocycles. The first-order valence-corrected chi connectivity index (χ1v) is 5.85. The first kappa shape index (κ1) is 14.1. The van der Waals surface area contributed by atoms with Gasteiger partial charge in [-0.05, 0) is 6.07 Å². The van der Waals surface area contributed by atoms with E-state index in [0.29, 0.717) is 5.56 Å². The zero-order valence-corrected chi connectivity index (χ0v) is 10.4. The Hall–Kier alpha value is -2.30. The molecule has 0 aliphatic carbocycles. The molecule has 0 bridgehead atoms. The Kier molecular flexibility index (Phi) is 4.40. The van der Waals surface area contributed by atoms with Gasteiger partial charge in [-0.15, -0.1) is 0 Å². The predicted molar refractivity (Wildman–Crippen MR) is 69.2 cm³/mol. The van der Waals surface area contributed by atoms with Crippen LogP contribution in [0.25, 0.3) is 0 Å². The Morgan fingerprint density at radius 2 is 1.60 bits per heavy atom. The minimum atomic E-state index is -4.40. The second-order valence-corrected chi connectivity index (χ2v) is 4.00. The highest BCUT2D eigenvalue weighted by molar-refractivity contribution is 5.78. The second kappa shape index (κ2) is 6.23. The van der Waals surface area contributed by atoms with Gasteiger partial charge in [0.25, 0.3) is 0 Å². The van der Waals surface area contributed by atoms with Crippen molar-refractivity contribution < 1.29 is 18.0 Å². The molecule has 0 fully saturated rings. The third kappa shape index (κ3) is 3.85. The number of rotatable bonds is 4. The largest absolute Gasteiger partial charge is 0.416 e.